The number of hydrogen-bond acceptors (Lipinski definition) is 7. The Labute approximate surface area is 185 Å². The fourth-order valence-corrected chi connectivity index (χ4v) is 3.37. The van der Waals surface area contributed by atoms with E-state index < -0.39 is 6.29 Å². The average Bonchev–Trinajstić information content (AvgIpc) is 3.27. The molecule has 5 rings (SSSR count). The molecule has 3 heterocycles. The molecule has 0 radical (unpaired) electrons. The SMILES string of the molecule is CNC(=O)c1cc(Oc2ccc3c(c2)nc(Nc2ccc4c(c2)OC(F)(F)O4)n3C)ccn1. The molecule has 2 N–H and O–H groups in total. The normalized spacial score (nSPS) is 13.7. The summed E-state index contributed by atoms with van der Waals surface area (Å²) in [7, 11) is 3.34. The molecular formula is C22H17F2N5O4. The number of benzene rings is 2. The van der Waals surface area contributed by atoms with Gasteiger partial charge >= 0.3 is 6.29 Å². The first-order valence-corrected chi connectivity index (χ1v) is 9.81. The summed E-state index contributed by atoms with van der Waals surface area (Å²) in [5, 5.41) is 5.61. The van der Waals surface area contributed by atoms with Crippen molar-refractivity contribution in [2.75, 3.05) is 12.4 Å². The number of carbonyl (C=O) groups excluding carboxylic acids is 1. The fourth-order valence-electron chi connectivity index (χ4n) is 3.37. The third-order valence-corrected chi connectivity index (χ3v) is 4.94. The van der Waals surface area contributed by atoms with Crippen LogP contribution in [0.3, 0.4) is 0 Å². The molecule has 0 saturated heterocycles. The first kappa shape index (κ1) is 20.5. The number of aryl methyl sites for hydroxylation is 1. The van der Waals surface area contributed by atoms with Crippen LogP contribution in [0.15, 0.2) is 54.7 Å². The van der Waals surface area contributed by atoms with Gasteiger partial charge in [-0.1, -0.05) is 0 Å². The maximum atomic E-state index is 13.3. The van der Waals surface area contributed by atoms with E-state index in [0.29, 0.717) is 28.7 Å². The van der Waals surface area contributed by atoms with E-state index >= 15 is 0 Å². The molecule has 2 aromatic carbocycles. The number of carbonyl (C=O) groups is 1. The second kappa shape index (κ2) is 7.62. The lowest BCUT2D eigenvalue weighted by atomic mass is 10.3. The summed E-state index contributed by atoms with van der Waals surface area (Å²) >= 11 is 0. The Morgan fingerprint density at radius 3 is 2.67 bits per heavy atom. The Morgan fingerprint density at radius 1 is 1.06 bits per heavy atom. The number of alkyl halides is 2. The maximum absolute atomic E-state index is 13.3. The molecule has 0 bridgehead atoms. The zero-order valence-electron chi connectivity index (χ0n) is 17.4. The first-order valence-electron chi connectivity index (χ1n) is 9.81. The molecule has 1 aliphatic rings. The number of imidazole rings is 1. The van der Waals surface area contributed by atoms with Crippen molar-refractivity contribution in [3.05, 3.63) is 60.4 Å². The van der Waals surface area contributed by atoms with Gasteiger partial charge in [-0.3, -0.25) is 9.78 Å². The number of anilines is 2. The van der Waals surface area contributed by atoms with Crippen molar-refractivity contribution in [1.29, 1.82) is 0 Å². The van der Waals surface area contributed by atoms with Crippen LogP contribution >= 0.6 is 0 Å². The van der Waals surface area contributed by atoms with E-state index in [2.05, 4.69) is 30.1 Å². The van der Waals surface area contributed by atoms with E-state index in [4.69, 9.17) is 4.74 Å². The monoisotopic (exact) mass is 453 g/mol. The highest BCUT2D eigenvalue weighted by molar-refractivity contribution is 5.92. The standard InChI is InChI=1S/C22H17F2N5O4/c1-25-20(30)16-11-14(7-8-26-16)31-13-4-5-17-15(10-13)28-21(29(17)2)27-12-3-6-18-19(9-12)33-22(23,24)32-18/h3-11H,1-2H3,(H,25,30)(H,27,28). The van der Waals surface area contributed by atoms with Gasteiger partial charge in [0.25, 0.3) is 5.91 Å². The fraction of sp³-hybridized carbons (Fsp3) is 0.136. The van der Waals surface area contributed by atoms with Crippen LogP contribution in [0.25, 0.3) is 11.0 Å². The van der Waals surface area contributed by atoms with Crippen LogP contribution in [0, 0.1) is 0 Å². The number of fused-ring (bicyclic) bond motifs is 2. The quantitative estimate of drug-likeness (QED) is 0.468. The lowest BCUT2D eigenvalue weighted by Gasteiger charge is -2.07. The number of pyridine rings is 1. The number of ether oxygens (including phenoxy) is 3. The summed E-state index contributed by atoms with van der Waals surface area (Å²) < 4.78 is 43.1. The molecule has 0 aliphatic carbocycles. The average molecular weight is 453 g/mol. The highest BCUT2D eigenvalue weighted by Crippen LogP contribution is 2.42. The van der Waals surface area contributed by atoms with Crippen LogP contribution in [0.5, 0.6) is 23.0 Å². The molecule has 0 saturated carbocycles. The van der Waals surface area contributed by atoms with E-state index in [-0.39, 0.29) is 23.1 Å². The number of hydrogen-bond donors (Lipinski definition) is 2. The lowest BCUT2D eigenvalue weighted by Crippen LogP contribution is -2.25. The van der Waals surface area contributed by atoms with Gasteiger partial charge in [-0.15, -0.1) is 8.78 Å². The molecule has 9 nitrogen and oxygen atoms in total. The van der Waals surface area contributed by atoms with Gasteiger partial charge in [-0.05, 0) is 30.3 Å². The zero-order valence-corrected chi connectivity index (χ0v) is 17.4. The number of halogens is 2. The number of amides is 1. The second-order valence-corrected chi connectivity index (χ2v) is 7.16. The zero-order chi connectivity index (χ0) is 23.2. The van der Waals surface area contributed by atoms with Gasteiger partial charge in [0, 0.05) is 44.2 Å². The Balaban J connectivity index is 1.39. The highest BCUT2D eigenvalue weighted by Gasteiger charge is 2.43. The van der Waals surface area contributed by atoms with Crippen molar-refractivity contribution in [3.8, 4) is 23.0 Å². The minimum Gasteiger partial charge on any atom is -0.457 e. The largest absolute Gasteiger partial charge is 0.586 e. The second-order valence-electron chi connectivity index (χ2n) is 7.16. The number of nitrogens with zero attached hydrogens (tertiary/aromatic N) is 3. The van der Waals surface area contributed by atoms with Crippen molar-refractivity contribution in [3.63, 3.8) is 0 Å². The van der Waals surface area contributed by atoms with Crippen LogP contribution in [0.4, 0.5) is 20.4 Å². The summed E-state index contributed by atoms with van der Waals surface area (Å²) in [5.41, 5.74) is 2.20. The molecule has 2 aromatic heterocycles. The van der Waals surface area contributed by atoms with Gasteiger partial charge in [0.05, 0.1) is 11.0 Å². The Hall–Kier alpha value is -4.41. The number of nitrogens with one attached hydrogen (secondary N) is 2. The number of aromatic nitrogens is 3. The molecule has 0 unspecified atom stereocenters. The summed E-state index contributed by atoms with van der Waals surface area (Å²) in [6, 6.07) is 12.9. The first-order chi connectivity index (χ1) is 15.8. The third-order valence-electron chi connectivity index (χ3n) is 4.94. The molecule has 0 atom stereocenters. The Morgan fingerprint density at radius 2 is 1.85 bits per heavy atom. The van der Waals surface area contributed by atoms with Crippen LogP contribution < -0.4 is 24.8 Å². The van der Waals surface area contributed by atoms with Crippen molar-refractivity contribution in [2.24, 2.45) is 7.05 Å². The Kier molecular flexibility index (Phi) is 4.73. The van der Waals surface area contributed by atoms with E-state index in [0.717, 1.165) is 5.52 Å². The van der Waals surface area contributed by atoms with Crippen molar-refractivity contribution >= 4 is 28.6 Å². The van der Waals surface area contributed by atoms with Crippen LogP contribution in [-0.2, 0) is 7.05 Å². The smallest absolute Gasteiger partial charge is 0.457 e. The minimum absolute atomic E-state index is 0.0342. The van der Waals surface area contributed by atoms with E-state index in [1.165, 1.54) is 31.4 Å². The molecule has 1 amide bonds. The molecule has 0 fully saturated rings. The van der Waals surface area contributed by atoms with Gasteiger partial charge in [0.15, 0.2) is 11.5 Å². The van der Waals surface area contributed by atoms with E-state index in [1.54, 1.807) is 24.3 Å². The Bertz CT molecular complexity index is 1390. The highest BCUT2D eigenvalue weighted by atomic mass is 19.3. The summed E-state index contributed by atoms with van der Waals surface area (Å²) in [6.45, 7) is 0. The molecule has 11 heteroatoms. The third kappa shape index (κ3) is 3.95. The molecule has 168 valence electrons. The van der Waals surface area contributed by atoms with E-state index in [1.807, 2.05) is 17.7 Å². The van der Waals surface area contributed by atoms with Crippen molar-refractivity contribution in [2.45, 2.75) is 6.29 Å². The predicted molar refractivity (Wildman–Crippen MR) is 114 cm³/mol. The lowest BCUT2D eigenvalue weighted by molar-refractivity contribution is -0.286. The number of rotatable bonds is 5. The predicted octanol–water partition coefficient (Wildman–Crippen LogP) is 4.19. The van der Waals surface area contributed by atoms with Gasteiger partial charge in [0.1, 0.15) is 17.2 Å². The van der Waals surface area contributed by atoms with Crippen LogP contribution in [0.2, 0.25) is 0 Å². The molecule has 0 spiro atoms. The maximum Gasteiger partial charge on any atom is 0.586 e. The summed E-state index contributed by atoms with van der Waals surface area (Å²) in [6.07, 6.45) is -2.19. The van der Waals surface area contributed by atoms with Gasteiger partial charge < -0.3 is 29.4 Å². The minimum atomic E-state index is -3.68. The topological polar surface area (TPSA) is 99.5 Å². The molecule has 1 aliphatic heterocycles. The van der Waals surface area contributed by atoms with Gasteiger partial charge in [0.2, 0.25) is 5.95 Å². The van der Waals surface area contributed by atoms with Crippen LogP contribution in [-0.4, -0.2) is 33.8 Å². The van der Waals surface area contributed by atoms with Crippen LogP contribution in [0.1, 0.15) is 10.5 Å². The summed E-state index contributed by atoms with van der Waals surface area (Å²) in [4.78, 5) is 20.4. The van der Waals surface area contributed by atoms with Crippen molar-refractivity contribution in [1.82, 2.24) is 19.9 Å². The molecular weight excluding hydrogens is 436 g/mol. The van der Waals surface area contributed by atoms with Gasteiger partial charge in [-0.25, -0.2) is 4.98 Å². The summed E-state index contributed by atoms with van der Waals surface area (Å²) in [5.74, 6) is 1.05. The van der Waals surface area contributed by atoms with Crippen molar-refractivity contribution < 1.29 is 27.8 Å². The van der Waals surface area contributed by atoms with E-state index in [9.17, 15) is 13.6 Å². The van der Waals surface area contributed by atoms with Gasteiger partial charge in [-0.2, -0.15) is 0 Å². The molecule has 33 heavy (non-hydrogen) atoms. The molecule has 4 aromatic rings.